The third-order valence-corrected chi connectivity index (χ3v) is 2.71. The molecule has 0 radical (unpaired) electrons. The molecule has 0 amide bonds. The molecule has 0 rings (SSSR count). The van der Waals surface area contributed by atoms with Gasteiger partial charge in [-0.05, 0) is 33.6 Å². The second-order valence-electron chi connectivity index (χ2n) is 4.58. The van der Waals surface area contributed by atoms with Gasteiger partial charge in [0.15, 0.2) is 0 Å². The average molecular weight is 202 g/mol. The first-order chi connectivity index (χ1) is 6.45. The number of ether oxygens (including phenoxy) is 1. The molecule has 0 aromatic carbocycles. The minimum atomic E-state index is -0.0928. The number of nitrogens with two attached hydrogens (primary N) is 1. The average Bonchev–Trinajstić information content (AvgIpc) is 2.16. The molecule has 2 atom stereocenters. The summed E-state index contributed by atoms with van der Waals surface area (Å²) in [7, 11) is 1.75. The van der Waals surface area contributed by atoms with Gasteiger partial charge in [0.25, 0.3) is 0 Å². The van der Waals surface area contributed by atoms with Crippen LogP contribution in [-0.2, 0) is 4.74 Å². The number of hydrogen-bond donors (Lipinski definition) is 2. The fourth-order valence-electron chi connectivity index (χ4n) is 1.41. The molecule has 0 heterocycles. The van der Waals surface area contributed by atoms with Crippen LogP contribution >= 0.6 is 0 Å². The normalized spacial score (nSPS) is 16.7. The fourth-order valence-corrected chi connectivity index (χ4v) is 1.41. The van der Waals surface area contributed by atoms with Gasteiger partial charge in [-0.2, -0.15) is 0 Å². The summed E-state index contributed by atoms with van der Waals surface area (Å²) in [6.07, 6.45) is 2.08. The zero-order chi connectivity index (χ0) is 11.2. The molecule has 0 bridgehead atoms. The zero-order valence-electron chi connectivity index (χ0n) is 10.3. The van der Waals surface area contributed by atoms with E-state index in [4.69, 9.17) is 10.5 Å². The maximum absolute atomic E-state index is 5.72. The smallest absolute Gasteiger partial charge is 0.0638 e. The Morgan fingerprint density at radius 3 is 2.36 bits per heavy atom. The first-order valence-electron chi connectivity index (χ1n) is 5.46. The summed E-state index contributed by atoms with van der Waals surface area (Å²) < 4.78 is 5.39. The third kappa shape index (κ3) is 5.58. The lowest BCUT2D eigenvalue weighted by atomic mass is 9.98. The van der Waals surface area contributed by atoms with Gasteiger partial charge in [0, 0.05) is 25.7 Å². The summed E-state index contributed by atoms with van der Waals surface area (Å²) in [6, 6.07) is 0.871. The Labute approximate surface area is 88.4 Å². The van der Waals surface area contributed by atoms with Crippen LogP contribution in [0.4, 0.5) is 0 Å². The van der Waals surface area contributed by atoms with Crippen LogP contribution in [0.25, 0.3) is 0 Å². The van der Waals surface area contributed by atoms with Gasteiger partial charge in [0.05, 0.1) is 5.60 Å². The Bertz CT molecular complexity index is 148. The summed E-state index contributed by atoms with van der Waals surface area (Å²) >= 11 is 0. The van der Waals surface area contributed by atoms with Crippen molar-refractivity contribution in [3.8, 4) is 0 Å². The van der Waals surface area contributed by atoms with Gasteiger partial charge in [-0.1, -0.05) is 6.92 Å². The molecule has 0 aromatic heterocycles. The monoisotopic (exact) mass is 202 g/mol. The SMILES string of the molecule is CCC(C)NC(CN)CC(C)(C)OC. The summed E-state index contributed by atoms with van der Waals surface area (Å²) in [4.78, 5) is 0. The van der Waals surface area contributed by atoms with Crippen LogP contribution in [0.2, 0.25) is 0 Å². The molecule has 0 spiro atoms. The lowest BCUT2D eigenvalue weighted by Gasteiger charge is -2.30. The Hall–Kier alpha value is -0.120. The van der Waals surface area contributed by atoms with E-state index in [9.17, 15) is 0 Å². The molecule has 86 valence electrons. The predicted molar refractivity (Wildman–Crippen MR) is 61.4 cm³/mol. The largest absolute Gasteiger partial charge is 0.379 e. The van der Waals surface area contributed by atoms with Crippen LogP contribution in [0.1, 0.15) is 40.5 Å². The van der Waals surface area contributed by atoms with E-state index in [1.165, 1.54) is 0 Å². The van der Waals surface area contributed by atoms with Crippen LogP contribution in [0.3, 0.4) is 0 Å². The van der Waals surface area contributed by atoms with E-state index in [1.54, 1.807) is 7.11 Å². The second kappa shape index (κ2) is 6.38. The highest BCUT2D eigenvalue weighted by atomic mass is 16.5. The van der Waals surface area contributed by atoms with Gasteiger partial charge in [-0.3, -0.25) is 0 Å². The number of rotatable bonds is 7. The zero-order valence-corrected chi connectivity index (χ0v) is 10.3. The Balaban J connectivity index is 4.02. The molecule has 0 aliphatic carbocycles. The van der Waals surface area contributed by atoms with Gasteiger partial charge in [-0.15, -0.1) is 0 Å². The van der Waals surface area contributed by atoms with Crippen LogP contribution in [0, 0.1) is 0 Å². The molecule has 3 heteroatoms. The van der Waals surface area contributed by atoms with Gasteiger partial charge >= 0.3 is 0 Å². The van der Waals surface area contributed by atoms with Crippen LogP contribution in [0.5, 0.6) is 0 Å². The number of nitrogens with one attached hydrogen (secondary N) is 1. The highest BCUT2D eigenvalue weighted by molar-refractivity contribution is 4.80. The molecular formula is C11H26N2O. The maximum Gasteiger partial charge on any atom is 0.0638 e. The van der Waals surface area contributed by atoms with Crippen LogP contribution in [0.15, 0.2) is 0 Å². The molecular weight excluding hydrogens is 176 g/mol. The Morgan fingerprint density at radius 1 is 1.43 bits per heavy atom. The van der Waals surface area contributed by atoms with Gasteiger partial charge < -0.3 is 15.8 Å². The second-order valence-corrected chi connectivity index (χ2v) is 4.58. The van der Waals surface area contributed by atoms with Crippen molar-refractivity contribution in [3.63, 3.8) is 0 Å². The molecule has 14 heavy (non-hydrogen) atoms. The van der Waals surface area contributed by atoms with E-state index < -0.39 is 0 Å². The summed E-state index contributed by atoms with van der Waals surface area (Å²) in [5.74, 6) is 0. The standard InChI is InChI=1S/C11H26N2O/c1-6-9(2)13-10(8-12)7-11(3,4)14-5/h9-10,13H,6-8,12H2,1-5H3. The number of hydrogen-bond acceptors (Lipinski definition) is 3. The Kier molecular flexibility index (Phi) is 6.33. The van der Waals surface area contributed by atoms with Crippen molar-refractivity contribution < 1.29 is 4.74 Å². The van der Waals surface area contributed by atoms with Gasteiger partial charge in [-0.25, -0.2) is 0 Å². The summed E-state index contributed by atoms with van der Waals surface area (Å²) in [6.45, 7) is 9.20. The molecule has 3 nitrogen and oxygen atoms in total. The van der Waals surface area contributed by atoms with Crippen LogP contribution in [-0.4, -0.2) is 31.3 Å². The Morgan fingerprint density at radius 2 is 2.00 bits per heavy atom. The minimum Gasteiger partial charge on any atom is -0.379 e. The number of methoxy groups -OCH3 is 1. The van der Waals surface area contributed by atoms with Crippen molar-refractivity contribution in [2.45, 2.75) is 58.2 Å². The van der Waals surface area contributed by atoms with Crippen molar-refractivity contribution in [1.29, 1.82) is 0 Å². The molecule has 0 saturated heterocycles. The van der Waals surface area contributed by atoms with E-state index in [0.717, 1.165) is 12.8 Å². The molecule has 0 saturated carbocycles. The van der Waals surface area contributed by atoms with E-state index in [2.05, 4.69) is 33.0 Å². The van der Waals surface area contributed by atoms with Crippen molar-refractivity contribution in [1.82, 2.24) is 5.32 Å². The fraction of sp³-hybridized carbons (Fsp3) is 1.00. The van der Waals surface area contributed by atoms with Crippen molar-refractivity contribution >= 4 is 0 Å². The molecule has 0 aliphatic heterocycles. The third-order valence-electron chi connectivity index (χ3n) is 2.71. The summed E-state index contributed by atoms with van der Waals surface area (Å²) in [5, 5.41) is 3.50. The molecule has 0 aliphatic rings. The topological polar surface area (TPSA) is 47.3 Å². The summed E-state index contributed by atoms with van der Waals surface area (Å²) in [5.41, 5.74) is 5.63. The molecule has 0 fully saturated rings. The van der Waals surface area contributed by atoms with Crippen molar-refractivity contribution in [2.75, 3.05) is 13.7 Å². The molecule has 2 unspecified atom stereocenters. The first-order valence-corrected chi connectivity index (χ1v) is 5.46. The highest BCUT2D eigenvalue weighted by Gasteiger charge is 2.22. The van der Waals surface area contributed by atoms with Crippen molar-refractivity contribution in [3.05, 3.63) is 0 Å². The first kappa shape index (κ1) is 13.9. The van der Waals surface area contributed by atoms with Gasteiger partial charge in [0.1, 0.15) is 0 Å². The van der Waals surface area contributed by atoms with Crippen molar-refractivity contribution in [2.24, 2.45) is 5.73 Å². The van der Waals surface area contributed by atoms with E-state index in [-0.39, 0.29) is 5.60 Å². The highest BCUT2D eigenvalue weighted by Crippen LogP contribution is 2.15. The van der Waals surface area contributed by atoms with E-state index >= 15 is 0 Å². The van der Waals surface area contributed by atoms with E-state index in [0.29, 0.717) is 18.6 Å². The molecule has 3 N–H and O–H groups in total. The maximum atomic E-state index is 5.72. The lowest BCUT2D eigenvalue weighted by molar-refractivity contribution is 0.00699. The lowest BCUT2D eigenvalue weighted by Crippen LogP contribution is -2.45. The minimum absolute atomic E-state index is 0.0928. The van der Waals surface area contributed by atoms with Gasteiger partial charge in [0.2, 0.25) is 0 Å². The predicted octanol–water partition coefficient (Wildman–Crippen LogP) is 1.52. The quantitative estimate of drug-likeness (QED) is 0.658. The molecule has 0 aromatic rings. The van der Waals surface area contributed by atoms with E-state index in [1.807, 2.05) is 0 Å². The van der Waals surface area contributed by atoms with Crippen LogP contribution < -0.4 is 11.1 Å².